The molecule has 25 heavy (non-hydrogen) atoms. The molecule has 0 bridgehead atoms. The highest BCUT2D eigenvalue weighted by Crippen LogP contribution is 2.20. The van der Waals surface area contributed by atoms with Gasteiger partial charge in [-0.2, -0.15) is 4.68 Å². The number of carbonyl (C=O) groups excluding carboxylic acids is 1. The molecule has 2 rings (SSSR count). The monoisotopic (exact) mass is 361 g/mol. The van der Waals surface area contributed by atoms with Crippen molar-refractivity contribution in [1.29, 1.82) is 0 Å². The van der Waals surface area contributed by atoms with Crippen molar-refractivity contribution in [3.8, 4) is 5.69 Å². The molecule has 0 radical (unpaired) electrons. The smallest absolute Gasteiger partial charge is 0.230 e. The van der Waals surface area contributed by atoms with Gasteiger partial charge in [0.1, 0.15) is 0 Å². The van der Waals surface area contributed by atoms with Crippen molar-refractivity contribution in [2.45, 2.75) is 58.7 Å². The molecule has 1 heterocycles. The van der Waals surface area contributed by atoms with Gasteiger partial charge in [0, 0.05) is 6.04 Å². The Morgan fingerprint density at radius 2 is 1.84 bits per heavy atom. The lowest BCUT2D eigenvalue weighted by Gasteiger charge is -2.14. The number of benzene rings is 1. The normalized spacial score (nSPS) is 12.4. The molecular weight excluding hydrogens is 334 g/mol. The highest BCUT2D eigenvalue weighted by atomic mass is 32.2. The van der Waals surface area contributed by atoms with E-state index in [1.54, 1.807) is 4.68 Å². The zero-order valence-corrected chi connectivity index (χ0v) is 16.4. The molecule has 1 aromatic carbocycles. The van der Waals surface area contributed by atoms with E-state index in [0.29, 0.717) is 16.8 Å². The fourth-order valence-corrected chi connectivity index (χ4v) is 3.31. The molecule has 0 aliphatic heterocycles. The third-order valence-corrected chi connectivity index (χ3v) is 4.73. The van der Waals surface area contributed by atoms with Crippen molar-refractivity contribution in [1.82, 2.24) is 25.5 Å². The van der Waals surface area contributed by atoms with Crippen LogP contribution in [-0.2, 0) is 4.79 Å². The van der Waals surface area contributed by atoms with Crippen LogP contribution >= 0.6 is 11.8 Å². The van der Waals surface area contributed by atoms with Gasteiger partial charge in [0.2, 0.25) is 11.1 Å². The Bertz CT molecular complexity index is 693. The van der Waals surface area contributed by atoms with Crippen LogP contribution in [0.4, 0.5) is 0 Å². The Morgan fingerprint density at radius 3 is 2.48 bits per heavy atom. The number of nitrogens with zero attached hydrogens (tertiary/aromatic N) is 4. The van der Waals surface area contributed by atoms with Crippen LogP contribution in [0, 0.1) is 19.8 Å². The summed E-state index contributed by atoms with van der Waals surface area (Å²) >= 11 is 1.35. The fraction of sp³-hybridized carbons (Fsp3) is 0.556. The van der Waals surface area contributed by atoms with Crippen molar-refractivity contribution >= 4 is 17.7 Å². The first-order chi connectivity index (χ1) is 11.8. The highest BCUT2D eigenvalue weighted by Gasteiger charge is 2.13. The van der Waals surface area contributed by atoms with Gasteiger partial charge in [0.15, 0.2) is 0 Å². The lowest BCUT2D eigenvalue weighted by molar-refractivity contribution is -0.119. The molecule has 0 saturated carbocycles. The van der Waals surface area contributed by atoms with Gasteiger partial charge >= 0.3 is 0 Å². The van der Waals surface area contributed by atoms with E-state index in [-0.39, 0.29) is 11.9 Å². The molecule has 0 aliphatic rings. The van der Waals surface area contributed by atoms with Gasteiger partial charge in [-0.3, -0.25) is 4.79 Å². The number of nitrogens with one attached hydrogen (secondary N) is 1. The number of thioether (sulfide) groups is 1. The van der Waals surface area contributed by atoms with Gasteiger partial charge in [0.05, 0.1) is 11.4 Å². The highest BCUT2D eigenvalue weighted by molar-refractivity contribution is 7.99. The number of amides is 1. The van der Waals surface area contributed by atoms with Crippen LogP contribution in [0.5, 0.6) is 0 Å². The largest absolute Gasteiger partial charge is 0.353 e. The summed E-state index contributed by atoms with van der Waals surface area (Å²) in [5.41, 5.74) is 3.21. The van der Waals surface area contributed by atoms with Gasteiger partial charge in [-0.05, 0) is 73.2 Å². The molecule has 6 nitrogen and oxygen atoms in total. The minimum absolute atomic E-state index is 0.0104. The molecule has 0 aliphatic carbocycles. The third-order valence-electron chi connectivity index (χ3n) is 3.81. The quantitative estimate of drug-likeness (QED) is 0.730. The number of carbonyl (C=O) groups is 1. The number of aryl methyl sites for hydroxylation is 2. The van der Waals surface area contributed by atoms with E-state index in [4.69, 9.17) is 0 Å². The Hall–Kier alpha value is -1.89. The lowest BCUT2D eigenvalue weighted by Crippen LogP contribution is -2.34. The number of hydrogen-bond acceptors (Lipinski definition) is 5. The van der Waals surface area contributed by atoms with Gasteiger partial charge < -0.3 is 5.32 Å². The molecule has 0 spiro atoms. The molecule has 1 amide bonds. The van der Waals surface area contributed by atoms with Crippen molar-refractivity contribution < 1.29 is 4.79 Å². The maximum atomic E-state index is 12.1. The standard InChI is InChI=1S/C18H27N5OS/c1-12(2)6-7-15(5)19-17(24)11-25-18-20-21-22-23(18)16-9-13(3)8-14(4)10-16/h8-10,12,15H,6-7,11H2,1-5H3,(H,19,24)/t15-/m1/s1. The van der Waals surface area contributed by atoms with Gasteiger partial charge in [-0.15, -0.1) is 5.10 Å². The summed E-state index contributed by atoms with van der Waals surface area (Å²) < 4.78 is 1.68. The van der Waals surface area contributed by atoms with E-state index in [1.165, 1.54) is 11.8 Å². The summed E-state index contributed by atoms with van der Waals surface area (Å²) in [7, 11) is 0. The number of hydrogen-bond donors (Lipinski definition) is 1. The maximum Gasteiger partial charge on any atom is 0.230 e. The van der Waals surface area contributed by atoms with E-state index >= 15 is 0 Å². The summed E-state index contributed by atoms with van der Waals surface area (Å²) in [4.78, 5) is 12.1. The molecule has 136 valence electrons. The topological polar surface area (TPSA) is 72.7 Å². The summed E-state index contributed by atoms with van der Waals surface area (Å²) in [6, 6.07) is 6.35. The Labute approximate surface area is 153 Å². The Kier molecular flexibility index (Phi) is 6.99. The average Bonchev–Trinajstić information content (AvgIpc) is 2.98. The molecule has 7 heteroatoms. The van der Waals surface area contributed by atoms with Gasteiger partial charge in [-0.1, -0.05) is 31.7 Å². The summed E-state index contributed by atoms with van der Waals surface area (Å²) in [5, 5.41) is 15.5. The Morgan fingerprint density at radius 1 is 1.16 bits per heavy atom. The van der Waals surface area contributed by atoms with E-state index in [0.717, 1.165) is 29.7 Å². The van der Waals surface area contributed by atoms with Gasteiger partial charge in [0.25, 0.3) is 0 Å². The zero-order valence-electron chi connectivity index (χ0n) is 15.6. The molecular formula is C18H27N5OS. The Balaban J connectivity index is 1.94. The van der Waals surface area contributed by atoms with E-state index in [2.05, 4.69) is 40.8 Å². The maximum absolute atomic E-state index is 12.1. The lowest BCUT2D eigenvalue weighted by atomic mass is 10.0. The SMILES string of the molecule is Cc1cc(C)cc(-n2nnnc2SCC(=O)N[C@H](C)CCC(C)C)c1. The second kappa shape index (κ2) is 8.99. The van der Waals surface area contributed by atoms with Crippen molar-refractivity contribution in [2.75, 3.05) is 5.75 Å². The molecule has 0 unspecified atom stereocenters. The molecule has 1 N–H and O–H groups in total. The molecule has 0 fully saturated rings. The molecule has 2 aromatic rings. The van der Waals surface area contributed by atoms with E-state index in [1.807, 2.05) is 32.9 Å². The van der Waals surface area contributed by atoms with Crippen molar-refractivity contribution in [3.05, 3.63) is 29.3 Å². The number of rotatable bonds is 8. The first kappa shape index (κ1) is 19.4. The predicted octanol–water partition coefficient (Wildman–Crippen LogP) is 3.31. The first-order valence-electron chi connectivity index (χ1n) is 8.64. The predicted molar refractivity (Wildman–Crippen MR) is 101 cm³/mol. The van der Waals surface area contributed by atoms with Crippen molar-refractivity contribution in [3.63, 3.8) is 0 Å². The van der Waals surface area contributed by atoms with Crippen LogP contribution in [0.15, 0.2) is 23.4 Å². The molecule has 0 saturated heterocycles. The summed E-state index contributed by atoms with van der Waals surface area (Å²) in [6.07, 6.45) is 2.11. The van der Waals surface area contributed by atoms with Crippen LogP contribution < -0.4 is 5.32 Å². The second-order valence-corrected chi connectivity index (χ2v) is 7.89. The molecule has 1 atom stereocenters. The first-order valence-corrected chi connectivity index (χ1v) is 9.63. The van der Waals surface area contributed by atoms with E-state index < -0.39 is 0 Å². The third kappa shape index (κ3) is 6.16. The summed E-state index contributed by atoms with van der Waals surface area (Å²) in [5.74, 6) is 0.962. The molecule has 1 aromatic heterocycles. The second-order valence-electron chi connectivity index (χ2n) is 6.95. The average molecular weight is 362 g/mol. The number of aromatic nitrogens is 4. The minimum Gasteiger partial charge on any atom is -0.353 e. The van der Waals surface area contributed by atoms with E-state index in [9.17, 15) is 4.79 Å². The van der Waals surface area contributed by atoms with Crippen LogP contribution in [-0.4, -0.2) is 37.9 Å². The van der Waals surface area contributed by atoms with Crippen LogP contribution in [0.25, 0.3) is 5.69 Å². The minimum atomic E-state index is 0.0104. The van der Waals surface area contributed by atoms with Crippen LogP contribution in [0.3, 0.4) is 0 Å². The van der Waals surface area contributed by atoms with Gasteiger partial charge in [-0.25, -0.2) is 0 Å². The summed E-state index contributed by atoms with van der Waals surface area (Å²) in [6.45, 7) is 10.5. The van der Waals surface area contributed by atoms with Crippen molar-refractivity contribution in [2.24, 2.45) is 5.92 Å². The van der Waals surface area contributed by atoms with Crippen LogP contribution in [0.2, 0.25) is 0 Å². The van der Waals surface area contributed by atoms with Crippen LogP contribution in [0.1, 0.15) is 44.7 Å². The fourth-order valence-electron chi connectivity index (χ4n) is 2.61. The zero-order chi connectivity index (χ0) is 18.4. The number of tetrazole rings is 1.